The van der Waals surface area contributed by atoms with Crippen LogP contribution in [0.5, 0.6) is 5.75 Å². The molecular formula is C11H16N2O2. The molecule has 4 heteroatoms. The molecule has 15 heavy (non-hydrogen) atoms. The number of hydrazine groups is 1. The fourth-order valence-electron chi connectivity index (χ4n) is 1.01. The van der Waals surface area contributed by atoms with Crippen LogP contribution in [0.3, 0.4) is 0 Å². The van der Waals surface area contributed by atoms with Gasteiger partial charge in [0.15, 0.2) is 0 Å². The molecule has 82 valence electrons. The van der Waals surface area contributed by atoms with Crippen molar-refractivity contribution in [1.29, 1.82) is 0 Å². The maximum atomic E-state index is 10.6. The summed E-state index contributed by atoms with van der Waals surface area (Å²) < 4.78 is 5.42. The number of rotatable bonds is 5. The number of anilines is 1. The van der Waals surface area contributed by atoms with Crippen molar-refractivity contribution in [1.82, 2.24) is 5.43 Å². The lowest BCUT2D eigenvalue weighted by Crippen LogP contribution is -2.26. The summed E-state index contributed by atoms with van der Waals surface area (Å²) in [5.41, 5.74) is 6.09. The van der Waals surface area contributed by atoms with Crippen LogP contribution < -0.4 is 15.6 Å². The molecule has 0 aliphatic rings. The Labute approximate surface area is 89.6 Å². The standard InChI is InChI=1S/C11H16N2O2/c1-3-8-15-11-6-4-10(5-7-11)13-12-9(2)14/h4-7,13H,3,8H2,1-2H3,(H,12,14). The van der Waals surface area contributed by atoms with Crippen LogP contribution in [0, 0.1) is 0 Å². The monoisotopic (exact) mass is 208 g/mol. The van der Waals surface area contributed by atoms with Crippen LogP contribution in [-0.2, 0) is 4.79 Å². The third-order valence-corrected chi connectivity index (χ3v) is 1.71. The largest absolute Gasteiger partial charge is 0.494 e. The van der Waals surface area contributed by atoms with Crippen molar-refractivity contribution in [3.05, 3.63) is 24.3 Å². The first-order chi connectivity index (χ1) is 7.22. The first kappa shape index (κ1) is 11.4. The molecule has 1 amide bonds. The second-order valence-electron chi connectivity index (χ2n) is 3.18. The molecule has 4 nitrogen and oxygen atoms in total. The van der Waals surface area contributed by atoms with Crippen molar-refractivity contribution in [2.75, 3.05) is 12.0 Å². The lowest BCUT2D eigenvalue weighted by Gasteiger charge is -2.08. The molecular weight excluding hydrogens is 192 g/mol. The van der Waals surface area contributed by atoms with Crippen LogP contribution in [0.2, 0.25) is 0 Å². The van der Waals surface area contributed by atoms with Gasteiger partial charge in [-0.3, -0.25) is 15.6 Å². The van der Waals surface area contributed by atoms with Crippen molar-refractivity contribution < 1.29 is 9.53 Å². The Morgan fingerprint density at radius 1 is 1.33 bits per heavy atom. The van der Waals surface area contributed by atoms with Crippen LogP contribution >= 0.6 is 0 Å². The maximum absolute atomic E-state index is 10.6. The average molecular weight is 208 g/mol. The molecule has 0 saturated carbocycles. The van der Waals surface area contributed by atoms with Gasteiger partial charge in [0, 0.05) is 6.92 Å². The summed E-state index contributed by atoms with van der Waals surface area (Å²) in [6.45, 7) is 4.23. The highest BCUT2D eigenvalue weighted by molar-refractivity contribution is 5.74. The summed E-state index contributed by atoms with van der Waals surface area (Å²) in [5.74, 6) is 0.714. The van der Waals surface area contributed by atoms with Gasteiger partial charge in [0.2, 0.25) is 5.91 Å². The topological polar surface area (TPSA) is 50.4 Å². The number of nitrogens with one attached hydrogen (secondary N) is 2. The van der Waals surface area contributed by atoms with E-state index in [-0.39, 0.29) is 5.91 Å². The summed E-state index contributed by atoms with van der Waals surface area (Å²) in [6, 6.07) is 7.42. The number of benzene rings is 1. The van der Waals surface area contributed by atoms with Gasteiger partial charge in [-0.25, -0.2) is 0 Å². The van der Waals surface area contributed by atoms with E-state index in [1.807, 2.05) is 24.3 Å². The molecule has 0 aliphatic carbocycles. The van der Waals surface area contributed by atoms with E-state index in [0.29, 0.717) is 0 Å². The van der Waals surface area contributed by atoms with Gasteiger partial charge < -0.3 is 4.74 Å². The number of hydrogen-bond acceptors (Lipinski definition) is 3. The Bertz CT molecular complexity index is 309. The second-order valence-corrected chi connectivity index (χ2v) is 3.18. The molecule has 0 bridgehead atoms. The van der Waals surface area contributed by atoms with Gasteiger partial charge in [0.1, 0.15) is 5.75 Å². The van der Waals surface area contributed by atoms with Gasteiger partial charge in [0.25, 0.3) is 0 Å². The van der Waals surface area contributed by atoms with Crippen molar-refractivity contribution in [2.45, 2.75) is 20.3 Å². The van der Waals surface area contributed by atoms with Crippen LogP contribution in [0.1, 0.15) is 20.3 Å². The predicted molar refractivity (Wildman–Crippen MR) is 59.7 cm³/mol. The molecule has 0 aromatic heterocycles. The highest BCUT2D eigenvalue weighted by Crippen LogP contribution is 2.14. The molecule has 0 heterocycles. The molecule has 0 unspecified atom stereocenters. The van der Waals surface area contributed by atoms with Gasteiger partial charge >= 0.3 is 0 Å². The third-order valence-electron chi connectivity index (χ3n) is 1.71. The van der Waals surface area contributed by atoms with E-state index in [1.165, 1.54) is 6.92 Å². The molecule has 0 radical (unpaired) electrons. The quantitative estimate of drug-likeness (QED) is 0.727. The van der Waals surface area contributed by atoms with Gasteiger partial charge in [-0.05, 0) is 30.7 Å². The SMILES string of the molecule is CCCOc1ccc(NNC(C)=O)cc1. The summed E-state index contributed by atoms with van der Waals surface area (Å²) >= 11 is 0. The first-order valence-electron chi connectivity index (χ1n) is 4.98. The summed E-state index contributed by atoms with van der Waals surface area (Å²) in [4.78, 5) is 10.6. The molecule has 0 atom stereocenters. The molecule has 0 saturated heterocycles. The van der Waals surface area contributed by atoms with E-state index in [1.54, 1.807) is 0 Å². The number of hydrogen-bond donors (Lipinski definition) is 2. The normalized spacial score (nSPS) is 9.47. The third kappa shape index (κ3) is 4.35. The minimum atomic E-state index is -0.124. The average Bonchev–Trinajstić information content (AvgIpc) is 2.25. The van der Waals surface area contributed by atoms with E-state index < -0.39 is 0 Å². The van der Waals surface area contributed by atoms with Gasteiger partial charge in [0.05, 0.1) is 12.3 Å². The first-order valence-corrected chi connectivity index (χ1v) is 4.98. The van der Waals surface area contributed by atoms with Gasteiger partial charge in [-0.1, -0.05) is 6.92 Å². The maximum Gasteiger partial charge on any atom is 0.235 e. The second kappa shape index (κ2) is 5.90. The minimum absolute atomic E-state index is 0.124. The molecule has 1 aromatic carbocycles. The Hall–Kier alpha value is -1.71. The summed E-state index contributed by atoms with van der Waals surface area (Å²) in [5, 5.41) is 0. The van der Waals surface area contributed by atoms with E-state index >= 15 is 0 Å². The fraction of sp³-hybridized carbons (Fsp3) is 0.364. The van der Waals surface area contributed by atoms with Crippen LogP contribution in [0.4, 0.5) is 5.69 Å². The van der Waals surface area contributed by atoms with Crippen molar-refractivity contribution in [3.63, 3.8) is 0 Å². The van der Waals surface area contributed by atoms with Crippen LogP contribution in [-0.4, -0.2) is 12.5 Å². The van der Waals surface area contributed by atoms with E-state index in [4.69, 9.17) is 4.74 Å². The number of carbonyl (C=O) groups excluding carboxylic acids is 1. The Morgan fingerprint density at radius 2 is 2.00 bits per heavy atom. The van der Waals surface area contributed by atoms with Crippen LogP contribution in [0.15, 0.2) is 24.3 Å². The van der Waals surface area contributed by atoms with Crippen molar-refractivity contribution in [2.24, 2.45) is 0 Å². The molecule has 1 aromatic rings. The van der Waals surface area contributed by atoms with E-state index in [2.05, 4.69) is 17.8 Å². The van der Waals surface area contributed by atoms with Crippen molar-refractivity contribution >= 4 is 11.6 Å². The Balaban J connectivity index is 2.45. The molecule has 2 N–H and O–H groups in total. The van der Waals surface area contributed by atoms with Gasteiger partial charge in [-0.15, -0.1) is 0 Å². The summed E-state index contributed by atoms with van der Waals surface area (Å²) in [7, 11) is 0. The zero-order valence-corrected chi connectivity index (χ0v) is 9.04. The Kier molecular flexibility index (Phi) is 4.47. The number of amides is 1. The van der Waals surface area contributed by atoms with Gasteiger partial charge in [-0.2, -0.15) is 0 Å². The van der Waals surface area contributed by atoms with Crippen molar-refractivity contribution in [3.8, 4) is 5.75 Å². The highest BCUT2D eigenvalue weighted by atomic mass is 16.5. The highest BCUT2D eigenvalue weighted by Gasteiger charge is 1.95. The lowest BCUT2D eigenvalue weighted by atomic mass is 10.3. The van der Waals surface area contributed by atoms with E-state index in [0.717, 1.165) is 24.5 Å². The molecule has 0 spiro atoms. The van der Waals surface area contributed by atoms with E-state index in [9.17, 15) is 4.79 Å². The Morgan fingerprint density at radius 3 is 2.53 bits per heavy atom. The summed E-state index contributed by atoms with van der Waals surface area (Å²) in [6.07, 6.45) is 0.992. The number of ether oxygens (including phenoxy) is 1. The predicted octanol–water partition coefficient (Wildman–Crippen LogP) is 1.94. The molecule has 0 fully saturated rings. The number of carbonyl (C=O) groups is 1. The molecule has 1 rings (SSSR count). The minimum Gasteiger partial charge on any atom is -0.494 e. The molecule has 0 aliphatic heterocycles. The van der Waals surface area contributed by atoms with Crippen LogP contribution in [0.25, 0.3) is 0 Å². The smallest absolute Gasteiger partial charge is 0.235 e. The zero-order valence-electron chi connectivity index (χ0n) is 9.04. The lowest BCUT2D eigenvalue weighted by molar-refractivity contribution is -0.118. The zero-order chi connectivity index (χ0) is 11.1. The fourth-order valence-corrected chi connectivity index (χ4v) is 1.01.